The summed E-state index contributed by atoms with van der Waals surface area (Å²) in [7, 11) is 1.80. The van der Waals surface area contributed by atoms with E-state index >= 15 is 0 Å². The minimum atomic E-state index is -0.0301. The van der Waals surface area contributed by atoms with Gasteiger partial charge in [-0.2, -0.15) is 0 Å². The number of benzene rings is 1. The van der Waals surface area contributed by atoms with Gasteiger partial charge in [0.2, 0.25) is 0 Å². The van der Waals surface area contributed by atoms with Gasteiger partial charge >= 0.3 is 0 Å². The van der Waals surface area contributed by atoms with E-state index in [0.29, 0.717) is 23.6 Å². The van der Waals surface area contributed by atoms with Gasteiger partial charge in [0.05, 0.1) is 6.10 Å². The maximum Gasteiger partial charge on any atom is 0.276 e. The summed E-state index contributed by atoms with van der Waals surface area (Å²) in [5.41, 5.74) is 1.33. The van der Waals surface area contributed by atoms with Crippen LogP contribution in [0.3, 0.4) is 0 Å². The molecule has 6 nitrogen and oxygen atoms in total. The topological polar surface area (TPSA) is 58.8 Å². The number of piperidine rings is 2. The molecule has 6 heteroatoms. The average molecular weight is 369 g/mol. The predicted octanol–water partition coefficient (Wildman–Crippen LogP) is 3.06. The van der Waals surface area contributed by atoms with E-state index in [1.807, 2.05) is 35.2 Å². The highest BCUT2D eigenvalue weighted by Gasteiger charge is 2.30. The molecule has 2 aliphatic heterocycles. The van der Waals surface area contributed by atoms with E-state index in [0.717, 1.165) is 57.4 Å². The Bertz CT molecular complexity index is 745. The fraction of sp³-hybridized carbons (Fsp3) is 0.524. The first-order chi connectivity index (χ1) is 13.2. The molecule has 0 N–H and O–H groups in total. The Morgan fingerprint density at radius 2 is 1.78 bits per heavy atom. The highest BCUT2D eigenvalue weighted by atomic mass is 16.5. The molecule has 0 radical (unpaired) electrons. The molecule has 2 saturated heterocycles. The molecule has 4 rings (SSSR count). The normalized spacial score (nSPS) is 20.1. The van der Waals surface area contributed by atoms with E-state index in [2.05, 4.69) is 10.1 Å². The zero-order valence-electron chi connectivity index (χ0n) is 15.8. The number of likely N-dealkylation sites (tertiary alicyclic amines) is 2. The standard InChI is InChI=1S/C21H27N3O3/c1-26-18-9-13-23(14-10-18)17-7-11-24(12-8-17)21(25)19-15-20(27-22-19)16-5-3-2-4-6-16/h2-6,15,17-18H,7-14H2,1H3. The fourth-order valence-electron chi connectivity index (χ4n) is 4.19. The minimum Gasteiger partial charge on any atom is -0.381 e. The van der Waals surface area contributed by atoms with Gasteiger partial charge in [0.15, 0.2) is 11.5 Å². The molecule has 1 aromatic heterocycles. The number of rotatable bonds is 4. The molecule has 0 bridgehead atoms. The molecule has 27 heavy (non-hydrogen) atoms. The van der Waals surface area contributed by atoms with Crippen LogP contribution in [0.1, 0.15) is 36.2 Å². The lowest BCUT2D eigenvalue weighted by atomic mass is 9.98. The number of amides is 1. The third kappa shape index (κ3) is 4.06. The van der Waals surface area contributed by atoms with Gasteiger partial charge in [0.1, 0.15) is 0 Å². The van der Waals surface area contributed by atoms with Crippen molar-refractivity contribution < 1.29 is 14.1 Å². The van der Waals surface area contributed by atoms with Crippen molar-refractivity contribution in [2.75, 3.05) is 33.3 Å². The van der Waals surface area contributed by atoms with Crippen LogP contribution in [-0.2, 0) is 4.74 Å². The van der Waals surface area contributed by atoms with Crippen molar-refractivity contribution in [1.29, 1.82) is 0 Å². The monoisotopic (exact) mass is 369 g/mol. The first-order valence-electron chi connectivity index (χ1n) is 9.83. The van der Waals surface area contributed by atoms with Crippen LogP contribution in [0.2, 0.25) is 0 Å². The van der Waals surface area contributed by atoms with Gasteiger partial charge in [-0.25, -0.2) is 0 Å². The van der Waals surface area contributed by atoms with E-state index in [1.54, 1.807) is 13.2 Å². The molecule has 2 aliphatic rings. The van der Waals surface area contributed by atoms with Crippen molar-refractivity contribution in [3.63, 3.8) is 0 Å². The third-order valence-electron chi connectivity index (χ3n) is 5.87. The number of hydrogen-bond donors (Lipinski definition) is 0. The quantitative estimate of drug-likeness (QED) is 0.829. The van der Waals surface area contributed by atoms with Crippen molar-refractivity contribution in [2.24, 2.45) is 0 Å². The van der Waals surface area contributed by atoms with Gasteiger partial charge in [-0.3, -0.25) is 4.79 Å². The Balaban J connectivity index is 1.32. The Kier molecular flexibility index (Phi) is 5.55. The number of carbonyl (C=O) groups excluding carboxylic acids is 1. The number of nitrogens with zero attached hydrogens (tertiary/aromatic N) is 3. The molecule has 0 spiro atoms. The molecule has 0 atom stereocenters. The molecule has 144 valence electrons. The predicted molar refractivity (Wildman–Crippen MR) is 102 cm³/mol. The molecule has 1 aromatic carbocycles. The number of aromatic nitrogens is 1. The number of ether oxygens (including phenoxy) is 1. The van der Waals surface area contributed by atoms with Gasteiger partial charge in [0.25, 0.3) is 5.91 Å². The lowest BCUT2D eigenvalue weighted by molar-refractivity contribution is 0.0144. The third-order valence-corrected chi connectivity index (χ3v) is 5.87. The van der Waals surface area contributed by atoms with Gasteiger partial charge in [-0.05, 0) is 25.7 Å². The van der Waals surface area contributed by atoms with Gasteiger partial charge < -0.3 is 19.1 Å². The molecule has 0 aliphatic carbocycles. The van der Waals surface area contributed by atoms with E-state index in [4.69, 9.17) is 9.26 Å². The lowest BCUT2D eigenvalue weighted by Gasteiger charge is -2.41. The van der Waals surface area contributed by atoms with Crippen LogP contribution in [-0.4, -0.2) is 66.3 Å². The average Bonchev–Trinajstić information content (AvgIpc) is 3.24. The van der Waals surface area contributed by atoms with Crippen LogP contribution in [0, 0.1) is 0 Å². The minimum absolute atomic E-state index is 0.0301. The fourth-order valence-corrected chi connectivity index (χ4v) is 4.19. The Morgan fingerprint density at radius 3 is 2.44 bits per heavy atom. The summed E-state index contributed by atoms with van der Waals surface area (Å²) in [4.78, 5) is 17.3. The van der Waals surface area contributed by atoms with E-state index in [1.165, 1.54) is 0 Å². The largest absolute Gasteiger partial charge is 0.381 e. The van der Waals surface area contributed by atoms with Crippen LogP contribution < -0.4 is 0 Å². The maximum atomic E-state index is 12.8. The SMILES string of the molecule is COC1CCN(C2CCN(C(=O)c3cc(-c4ccccc4)on3)CC2)CC1. The second-order valence-electron chi connectivity index (χ2n) is 7.44. The smallest absolute Gasteiger partial charge is 0.276 e. The lowest BCUT2D eigenvalue weighted by Crippen LogP contribution is -2.49. The second kappa shape index (κ2) is 8.23. The van der Waals surface area contributed by atoms with Crippen LogP contribution in [0.5, 0.6) is 0 Å². The summed E-state index contributed by atoms with van der Waals surface area (Å²) in [5, 5.41) is 4.00. The highest BCUT2D eigenvalue weighted by Crippen LogP contribution is 2.24. The number of hydrogen-bond acceptors (Lipinski definition) is 5. The molecule has 3 heterocycles. The molecule has 0 saturated carbocycles. The Morgan fingerprint density at radius 1 is 1.07 bits per heavy atom. The first-order valence-corrected chi connectivity index (χ1v) is 9.83. The summed E-state index contributed by atoms with van der Waals surface area (Å²) >= 11 is 0. The zero-order valence-corrected chi connectivity index (χ0v) is 15.8. The molecule has 0 unspecified atom stereocenters. The second-order valence-corrected chi connectivity index (χ2v) is 7.44. The maximum absolute atomic E-state index is 12.8. The van der Waals surface area contributed by atoms with Crippen molar-refractivity contribution in [1.82, 2.24) is 15.0 Å². The van der Waals surface area contributed by atoms with E-state index in [9.17, 15) is 4.79 Å². The highest BCUT2D eigenvalue weighted by molar-refractivity contribution is 5.93. The molecule has 2 fully saturated rings. The number of methoxy groups -OCH3 is 1. The summed E-state index contributed by atoms with van der Waals surface area (Å²) in [6.45, 7) is 3.75. The van der Waals surface area contributed by atoms with E-state index < -0.39 is 0 Å². The van der Waals surface area contributed by atoms with Crippen LogP contribution >= 0.6 is 0 Å². The summed E-state index contributed by atoms with van der Waals surface area (Å²) in [6, 6.07) is 12.1. The summed E-state index contributed by atoms with van der Waals surface area (Å²) in [6.07, 6.45) is 4.67. The van der Waals surface area contributed by atoms with Crippen molar-refractivity contribution in [2.45, 2.75) is 37.8 Å². The molecular formula is C21H27N3O3. The summed E-state index contributed by atoms with van der Waals surface area (Å²) < 4.78 is 10.8. The Labute approximate surface area is 160 Å². The molecule has 2 aromatic rings. The Hall–Kier alpha value is -2.18. The van der Waals surface area contributed by atoms with E-state index in [-0.39, 0.29) is 5.91 Å². The molecular weight excluding hydrogens is 342 g/mol. The van der Waals surface area contributed by atoms with Crippen LogP contribution in [0.15, 0.2) is 40.9 Å². The van der Waals surface area contributed by atoms with Gasteiger partial charge in [-0.1, -0.05) is 35.5 Å². The zero-order chi connectivity index (χ0) is 18.6. The van der Waals surface area contributed by atoms with Gasteiger partial charge in [-0.15, -0.1) is 0 Å². The first kappa shape index (κ1) is 18.2. The molecule has 1 amide bonds. The number of carbonyl (C=O) groups is 1. The van der Waals surface area contributed by atoms with Crippen molar-refractivity contribution >= 4 is 5.91 Å². The van der Waals surface area contributed by atoms with Crippen LogP contribution in [0.4, 0.5) is 0 Å². The summed E-state index contributed by atoms with van der Waals surface area (Å²) in [5.74, 6) is 0.604. The van der Waals surface area contributed by atoms with Crippen LogP contribution in [0.25, 0.3) is 11.3 Å². The van der Waals surface area contributed by atoms with Crippen molar-refractivity contribution in [3.05, 3.63) is 42.1 Å². The van der Waals surface area contributed by atoms with Crippen molar-refractivity contribution in [3.8, 4) is 11.3 Å². The van der Waals surface area contributed by atoms with Gasteiger partial charge in [0, 0.05) is 51.0 Å².